The molecule has 2 aromatic heterocycles. The van der Waals surface area contributed by atoms with E-state index in [-0.39, 0.29) is 0 Å². The van der Waals surface area contributed by atoms with E-state index in [0.29, 0.717) is 0 Å². The van der Waals surface area contributed by atoms with Crippen LogP contribution in [0.2, 0.25) is 0 Å². The van der Waals surface area contributed by atoms with Crippen molar-refractivity contribution < 1.29 is 0 Å². The first kappa shape index (κ1) is 18.4. The highest BCUT2D eigenvalue weighted by atomic mass is 15.1. The Hall–Kier alpha value is -3.34. The van der Waals surface area contributed by atoms with Gasteiger partial charge in [0.15, 0.2) is 5.65 Å². The molecular weight excluding hydrogens is 382 g/mol. The van der Waals surface area contributed by atoms with Crippen LogP contribution in [0, 0.1) is 0 Å². The van der Waals surface area contributed by atoms with Gasteiger partial charge in [0.05, 0.1) is 11.9 Å². The van der Waals surface area contributed by atoms with E-state index in [1.165, 1.54) is 42.6 Å². The van der Waals surface area contributed by atoms with Crippen molar-refractivity contribution in [2.45, 2.75) is 25.7 Å². The van der Waals surface area contributed by atoms with Crippen LogP contribution in [0.5, 0.6) is 0 Å². The maximum absolute atomic E-state index is 4.94. The Balaban J connectivity index is 1.32. The molecule has 2 fully saturated rings. The Labute approximate surface area is 182 Å². The van der Waals surface area contributed by atoms with Gasteiger partial charge < -0.3 is 14.8 Å². The number of rotatable bonds is 4. The van der Waals surface area contributed by atoms with Crippen molar-refractivity contribution in [1.29, 1.82) is 0 Å². The maximum atomic E-state index is 4.94. The van der Waals surface area contributed by atoms with E-state index < -0.39 is 0 Å². The van der Waals surface area contributed by atoms with E-state index in [0.717, 1.165) is 54.3 Å². The van der Waals surface area contributed by atoms with Crippen LogP contribution in [0.1, 0.15) is 25.7 Å². The van der Waals surface area contributed by atoms with Crippen LogP contribution in [-0.4, -0.2) is 41.1 Å². The highest BCUT2D eigenvalue weighted by Crippen LogP contribution is 2.30. The fourth-order valence-electron chi connectivity index (χ4n) is 4.88. The zero-order valence-electron chi connectivity index (χ0n) is 17.7. The number of fused-ring (bicyclic) bond motifs is 1. The molecule has 5 nitrogen and oxygen atoms in total. The number of hydrogen-bond donors (Lipinski definition) is 1. The molecule has 0 atom stereocenters. The van der Waals surface area contributed by atoms with Crippen LogP contribution in [0.3, 0.4) is 0 Å². The molecule has 2 aliphatic heterocycles. The number of aromatic amines is 1. The summed E-state index contributed by atoms with van der Waals surface area (Å²) in [5, 5.41) is 0. The van der Waals surface area contributed by atoms with Crippen molar-refractivity contribution >= 4 is 22.5 Å². The van der Waals surface area contributed by atoms with E-state index in [2.05, 4.69) is 74.4 Å². The summed E-state index contributed by atoms with van der Waals surface area (Å²) in [5.41, 5.74) is 8.62. The van der Waals surface area contributed by atoms with Crippen molar-refractivity contribution in [3.05, 3.63) is 60.8 Å². The Morgan fingerprint density at radius 1 is 0.710 bits per heavy atom. The van der Waals surface area contributed by atoms with Crippen molar-refractivity contribution in [2.24, 2.45) is 0 Å². The predicted molar refractivity (Wildman–Crippen MR) is 128 cm³/mol. The van der Waals surface area contributed by atoms with Crippen LogP contribution >= 0.6 is 0 Å². The molecular formula is C26H27N5. The van der Waals surface area contributed by atoms with Crippen molar-refractivity contribution in [1.82, 2.24) is 15.0 Å². The molecule has 31 heavy (non-hydrogen) atoms. The predicted octanol–water partition coefficient (Wildman–Crippen LogP) is 5.49. The van der Waals surface area contributed by atoms with Gasteiger partial charge in [0.1, 0.15) is 5.52 Å². The summed E-state index contributed by atoms with van der Waals surface area (Å²) in [6, 6.07) is 19.6. The topological polar surface area (TPSA) is 48.1 Å². The molecule has 4 aromatic rings. The van der Waals surface area contributed by atoms with Crippen LogP contribution in [-0.2, 0) is 0 Å². The van der Waals surface area contributed by atoms with Crippen LogP contribution in [0.25, 0.3) is 33.7 Å². The van der Waals surface area contributed by atoms with Crippen LogP contribution < -0.4 is 9.80 Å². The molecule has 6 rings (SSSR count). The van der Waals surface area contributed by atoms with Gasteiger partial charge in [-0.25, -0.2) is 9.97 Å². The molecule has 0 bridgehead atoms. The average molecular weight is 410 g/mol. The summed E-state index contributed by atoms with van der Waals surface area (Å²) < 4.78 is 0. The molecule has 156 valence electrons. The molecule has 2 aromatic carbocycles. The summed E-state index contributed by atoms with van der Waals surface area (Å²) in [5.74, 6) is 0. The Morgan fingerprint density at radius 2 is 1.32 bits per heavy atom. The lowest BCUT2D eigenvalue weighted by atomic mass is 10.1. The van der Waals surface area contributed by atoms with Gasteiger partial charge >= 0.3 is 0 Å². The number of anilines is 2. The molecule has 2 aliphatic rings. The van der Waals surface area contributed by atoms with E-state index in [4.69, 9.17) is 4.98 Å². The molecule has 0 spiro atoms. The van der Waals surface area contributed by atoms with E-state index in [9.17, 15) is 0 Å². The number of aromatic nitrogens is 3. The number of nitrogens with one attached hydrogen (secondary N) is 1. The highest BCUT2D eigenvalue weighted by Gasteiger charge is 2.15. The van der Waals surface area contributed by atoms with Gasteiger partial charge in [-0.05, 0) is 56.0 Å². The molecule has 0 unspecified atom stereocenters. The SMILES string of the molecule is c1cc(-c2cnc3[nH]c(-c4cccc(N5CCCC5)c4)cc3n2)cc(N2CCCC2)c1. The summed E-state index contributed by atoms with van der Waals surface area (Å²) in [6.45, 7) is 4.59. The summed E-state index contributed by atoms with van der Waals surface area (Å²) in [6.07, 6.45) is 7.01. The normalized spacial score (nSPS) is 16.5. The van der Waals surface area contributed by atoms with Gasteiger partial charge in [0.2, 0.25) is 0 Å². The number of benzene rings is 2. The van der Waals surface area contributed by atoms with Crippen molar-refractivity contribution in [3.8, 4) is 22.5 Å². The largest absolute Gasteiger partial charge is 0.372 e. The summed E-state index contributed by atoms with van der Waals surface area (Å²) in [7, 11) is 0. The van der Waals surface area contributed by atoms with Gasteiger partial charge in [-0.3, -0.25) is 0 Å². The third-order valence-corrected chi connectivity index (χ3v) is 6.58. The van der Waals surface area contributed by atoms with E-state index >= 15 is 0 Å². The van der Waals surface area contributed by atoms with Crippen LogP contribution in [0.15, 0.2) is 60.8 Å². The molecule has 2 saturated heterocycles. The lowest BCUT2D eigenvalue weighted by Gasteiger charge is -2.18. The van der Waals surface area contributed by atoms with Gasteiger partial charge in [0, 0.05) is 54.4 Å². The first-order chi connectivity index (χ1) is 15.3. The minimum atomic E-state index is 0.834. The first-order valence-corrected chi connectivity index (χ1v) is 11.4. The van der Waals surface area contributed by atoms with Crippen LogP contribution in [0.4, 0.5) is 11.4 Å². The van der Waals surface area contributed by atoms with Gasteiger partial charge in [-0.15, -0.1) is 0 Å². The lowest BCUT2D eigenvalue weighted by molar-refractivity contribution is 0.949. The van der Waals surface area contributed by atoms with E-state index in [1.807, 2.05) is 6.20 Å². The zero-order valence-corrected chi connectivity index (χ0v) is 17.7. The smallest absolute Gasteiger partial charge is 0.156 e. The summed E-state index contributed by atoms with van der Waals surface area (Å²) in [4.78, 5) is 18.0. The van der Waals surface area contributed by atoms with Gasteiger partial charge in [-0.2, -0.15) is 0 Å². The monoisotopic (exact) mass is 409 g/mol. The second kappa shape index (κ2) is 7.73. The zero-order chi connectivity index (χ0) is 20.6. The molecule has 0 saturated carbocycles. The molecule has 0 aliphatic carbocycles. The second-order valence-electron chi connectivity index (χ2n) is 8.66. The molecule has 0 amide bonds. The van der Waals surface area contributed by atoms with Crippen molar-refractivity contribution in [3.63, 3.8) is 0 Å². The second-order valence-corrected chi connectivity index (χ2v) is 8.66. The molecule has 4 heterocycles. The standard InChI is InChI=1S/C26H27N5/c1-2-12-30(11-1)21-9-5-7-19(15-21)23-17-24-26(29-23)27-18-25(28-24)20-8-6-10-22(16-20)31-13-3-4-14-31/h5-10,15-18H,1-4,11-14H2,(H,27,29). The number of H-pyrrole nitrogens is 1. The van der Waals surface area contributed by atoms with Gasteiger partial charge in [0.25, 0.3) is 0 Å². The summed E-state index contributed by atoms with van der Waals surface area (Å²) >= 11 is 0. The minimum Gasteiger partial charge on any atom is -0.372 e. The Kier molecular flexibility index (Phi) is 4.59. The van der Waals surface area contributed by atoms with Gasteiger partial charge in [-0.1, -0.05) is 24.3 Å². The lowest BCUT2D eigenvalue weighted by Crippen LogP contribution is -2.17. The third kappa shape index (κ3) is 3.54. The highest BCUT2D eigenvalue weighted by molar-refractivity contribution is 5.82. The fourth-order valence-corrected chi connectivity index (χ4v) is 4.88. The molecule has 0 radical (unpaired) electrons. The van der Waals surface area contributed by atoms with E-state index in [1.54, 1.807) is 0 Å². The Bertz CT molecular complexity index is 1160. The fraction of sp³-hybridized carbons (Fsp3) is 0.308. The number of hydrogen-bond acceptors (Lipinski definition) is 4. The average Bonchev–Trinajstić information content (AvgIpc) is 3.60. The molecule has 5 heteroatoms. The third-order valence-electron chi connectivity index (χ3n) is 6.58. The first-order valence-electron chi connectivity index (χ1n) is 11.4. The maximum Gasteiger partial charge on any atom is 0.156 e. The molecule has 1 N–H and O–H groups in total. The Morgan fingerprint density at radius 3 is 2.00 bits per heavy atom. The quantitative estimate of drug-likeness (QED) is 0.484. The minimum absolute atomic E-state index is 0.834. The number of nitrogens with zero attached hydrogens (tertiary/aromatic N) is 4. The van der Waals surface area contributed by atoms with Crippen molar-refractivity contribution in [2.75, 3.05) is 36.0 Å².